The van der Waals surface area contributed by atoms with E-state index in [1.54, 1.807) is 16.8 Å². The number of carbonyl (C=O) groups excluding carboxylic acids is 2. The van der Waals surface area contributed by atoms with Crippen LogP contribution in [0.2, 0.25) is 0 Å². The van der Waals surface area contributed by atoms with Crippen LogP contribution in [0.15, 0.2) is 42.5 Å². The third-order valence-corrected chi connectivity index (χ3v) is 4.81. The minimum absolute atomic E-state index is 0.192. The topological polar surface area (TPSA) is 80.1 Å². The Morgan fingerprint density at radius 3 is 2.89 bits per heavy atom. The molecule has 1 fully saturated rings. The molecule has 7 heteroatoms. The van der Waals surface area contributed by atoms with Crippen LogP contribution in [0.5, 0.6) is 0 Å². The zero-order chi connectivity index (χ0) is 18.8. The summed E-state index contributed by atoms with van der Waals surface area (Å²) in [6.45, 7) is 4.11. The first-order valence-corrected chi connectivity index (χ1v) is 9.15. The van der Waals surface area contributed by atoms with Crippen molar-refractivity contribution in [3.05, 3.63) is 53.6 Å². The molecule has 0 atom stereocenters. The van der Waals surface area contributed by atoms with Crippen LogP contribution in [0.4, 0.5) is 5.69 Å². The Bertz CT molecular complexity index is 1010. The molecule has 1 saturated heterocycles. The highest BCUT2D eigenvalue weighted by molar-refractivity contribution is 6.05. The quantitative estimate of drug-likeness (QED) is 0.756. The number of rotatable bonds is 5. The minimum Gasteiger partial charge on any atom is -0.338 e. The lowest BCUT2D eigenvalue weighted by Gasteiger charge is -2.16. The van der Waals surface area contributed by atoms with Crippen LogP contribution < -0.4 is 5.32 Å². The molecule has 0 bridgehead atoms. The van der Waals surface area contributed by atoms with Crippen LogP contribution in [0.1, 0.15) is 35.7 Å². The molecule has 1 aromatic heterocycles. The standard InChI is InChI=1S/C20H21N5O2/c1-2-25-18-9-8-15(12-17(18)22-23-25)20(27)21-16-6-3-5-14(11-16)13-24-10-4-7-19(24)26/h3,5-6,8-9,11-12H,2,4,7,10,13H2,1H3,(H,21,27). The van der Waals surface area contributed by atoms with Crippen molar-refractivity contribution in [3.63, 3.8) is 0 Å². The summed E-state index contributed by atoms with van der Waals surface area (Å²) in [5.41, 5.74) is 3.86. The van der Waals surface area contributed by atoms with Gasteiger partial charge in [-0.25, -0.2) is 4.68 Å². The van der Waals surface area contributed by atoms with E-state index in [4.69, 9.17) is 0 Å². The smallest absolute Gasteiger partial charge is 0.255 e. The van der Waals surface area contributed by atoms with Gasteiger partial charge >= 0.3 is 0 Å². The summed E-state index contributed by atoms with van der Waals surface area (Å²) < 4.78 is 1.79. The fourth-order valence-corrected chi connectivity index (χ4v) is 3.39. The molecule has 7 nitrogen and oxygen atoms in total. The van der Waals surface area contributed by atoms with Crippen molar-refractivity contribution in [2.45, 2.75) is 32.9 Å². The Kier molecular flexibility index (Phi) is 4.58. The third-order valence-electron chi connectivity index (χ3n) is 4.81. The molecule has 0 spiro atoms. The molecule has 1 N–H and O–H groups in total. The molecule has 1 aliphatic rings. The summed E-state index contributed by atoms with van der Waals surface area (Å²) >= 11 is 0. The van der Waals surface area contributed by atoms with Crippen LogP contribution in [0.3, 0.4) is 0 Å². The van der Waals surface area contributed by atoms with Gasteiger partial charge < -0.3 is 10.2 Å². The number of hydrogen-bond acceptors (Lipinski definition) is 4. The maximum Gasteiger partial charge on any atom is 0.255 e. The largest absolute Gasteiger partial charge is 0.338 e. The van der Waals surface area contributed by atoms with Gasteiger partial charge in [-0.05, 0) is 49.2 Å². The van der Waals surface area contributed by atoms with Gasteiger partial charge in [-0.1, -0.05) is 17.3 Å². The van der Waals surface area contributed by atoms with Crippen molar-refractivity contribution >= 4 is 28.5 Å². The second-order valence-corrected chi connectivity index (χ2v) is 6.68. The van der Waals surface area contributed by atoms with Gasteiger partial charge in [-0.2, -0.15) is 0 Å². The van der Waals surface area contributed by atoms with Crippen molar-refractivity contribution in [1.82, 2.24) is 19.9 Å². The van der Waals surface area contributed by atoms with E-state index in [-0.39, 0.29) is 11.8 Å². The normalized spacial score (nSPS) is 14.1. The van der Waals surface area contributed by atoms with Gasteiger partial charge in [0.1, 0.15) is 5.52 Å². The number of benzene rings is 2. The minimum atomic E-state index is -0.197. The van der Waals surface area contributed by atoms with Crippen LogP contribution in [-0.4, -0.2) is 38.3 Å². The van der Waals surface area contributed by atoms with Crippen LogP contribution in [0, 0.1) is 0 Å². The average molecular weight is 363 g/mol. The summed E-state index contributed by atoms with van der Waals surface area (Å²) in [5.74, 6) is -0.00443. The summed E-state index contributed by atoms with van der Waals surface area (Å²) in [4.78, 5) is 26.3. The molecule has 4 rings (SSSR count). The first-order chi connectivity index (χ1) is 13.1. The van der Waals surface area contributed by atoms with Crippen molar-refractivity contribution in [1.29, 1.82) is 0 Å². The molecule has 138 valence electrons. The van der Waals surface area contributed by atoms with Gasteiger partial charge in [0.05, 0.1) is 5.52 Å². The molecular weight excluding hydrogens is 342 g/mol. The highest BCUT2D eigenvalue weighted by Gasteiger charge is 2.20. The molecular formula is C20H21N5O2. The van der Waals surface area contributed by atoms with E-state index in [1.807, 2.05) is 42.2 Å². The lowest BCUT2D eigenvalue weighted by Crippen LogP contribution is -2.23. The number of likely N-dealkylation sites (tertiary alicyclic amines) is 1. The first kappa shape index (κ1) is 17.2. The molecule has 2 heterocycles. The van der Waals surface area contributed by atoms with E-state index in [9.17, 15) is 9.59 Å². The maximum absolute atomic E-state index is 12.6. The molecule has 2 amide bonds. The molecule has 0 aliphatic carbocycles. The molecule has 0 unspecified atom stereocenters. The maximum atomic E-state index is 12.6. The van der Waals surface area contributed by atoms with E-state index in [0.29, 0.717) is 29.7 Å². The van der Waals surface area contributed by atoms with E-state index >= 15 is 0 Å². The SMILES string of the molecule is CCn1nnc2cc(C(=O)Nc3cccc(CN4CCCC4=O)c3)ccc21. The molecule has 27 heavy (non-hydrogen) atoms. The number of nitrogens with one attached hydrogen (secondary N) is 1. The predicted molar refractivity (Wildman–Crippen MR) is 102 cm³/mol. The summed E-state index contributed by atoms with van der Waals surface area (Å²) in [7, 11) is 0. The Balaban J connectivity index is 1.49. The lowest BCUT2D eigenvalue weighted by molar-refractivity contribution is -0.128. The third kappa shape index (κ3) is 3.53. The van der Waals surface area contributed by atoms with Gasteiger partial charge in [0.2, 0.25) is 5.91 Å². The Labute approximate surface area is 157 Å². The molecule has 3 aromatic rings. The zero-order valence-corrected chi connectivity index (χ0v) is 15.2. The van der Waals surface area contributed by atoms with E-state index in [2.05, 4.69) is 15.6 Å². The number of carbonyl (C=O) groups is 2. The highest BCUT2D eigenvalue weighted by atomic mass is 16.2. The molecule has 1 aliphatic heterocycles. The number of nitrogens with zero attached hydrogens (tertiary/aromatic N) is 4. The van der Waals surface area contributed by atoms with Gasteiger partial charge in [0.15, 0.2) is 0 Å². The number of amides is 2. The van der Waals surface area contributed by atoms with Gasteiger partial charge in [-0.15, -0.1) is 5.10 Å². The second kappa shape index (κ2) is 7.19. The number of anilines is 1. The predicted octanol–water partition coefficient (Wildman–Crippen LogP) is 2.83. The van der Waals surface area contributed by atoms with Crippen LogP contribution in [0.25, 0.3) is 11.0 Å². The van der Waals surface area contributed by atoms with E-state index in [0.717, 1.165) is 30.6 Å². The molecule has 0 radical (unpaired) electrons. The molecule has 2 aromatic carbocycles. The Morgan fingerprint density at radius 2 is 2.11 bits per heavy atom. The van der Waals surface area contributed by atoms with Crippen molar-refractivity contribution in [3.8, 4) is 0 Å². The second-order valence-electron chi connectivity index (χ2n) is 6.68. The Morgan fingerprint density at radius 1 is 1.22 bits per heavy atom. The zero-order valence-electron chi connectivity index (χ0n) is 15.2. The number of aromatic nitrogens is 3. The van der Waals surface area contributed by atoms with Crippen LogP contribution >= 0.6 is 0 Å². The van der Waals surface area contributed by atoms with Crippen molar-refractivity contribution in [2.24, 2.45) is 0 Å². The Hall–Kier alpha value is -3.22. The summed E-state index contributed by atoms with van der Waals surface area (Å²) in [5, 5.41) is 11.1. The van der Waals surface area contributed by atoms with Gasteiger partial charge in [-0.3, -0.25) is 9.59 Å². The van der Waals surface area contributed by atoms with Gasteiger partial charge in [0, 0.05) is 37.3 Å². The summed E-state index contributed by atoms with van der Waals surface area (Å²) in [6.07, 6.45) is 1.54. The highest BCUT2D eigenvalue weighted by Crippen LogP contribution is 2.19. The lowest BCUT2D eigenvalue weighted by atomic mass is 10.1. The monoisotopic (exact) mass is 363 g/mol. The number of aryl methyl sites for hydroxylation is 1. The van der Waals surface area contributed by atoms with Crippen molar-refractivity contribution in [2.75, 3.05) is 11.9 Å². The fourth-order valence-electron chi connectivity index (χ4n) is 3.39. The van der Waals surface area contributed by atoms with E-state index in [1.165, 1.54) is 0 Å². The number of fused-ring (bicyclic) bond motifs is 1. The van der Waals surface area contributed by atoms with E-state index < -0.39 is 0 Å². The average Bonchev–Trinajstić information content (AvgIpc) is 3.27. The fraction of sp³-hybridized carbons (Fsp3) is 0.300. The first-order valence-electron chi connectivity index (χ1n) is 9.15. The number of hydrogen-bond donors (Lipinski definition) is 1. The van der Waals surface area contributed by atoms with Crippen molar-refractivity contribution < 1.29 is 9.59 Å². The summed E-state index contributed by atoms with van der Waals surface area (Å²) in [6, 6.07) is 13.0. The van der Waals surface area contributed by atoms with Crippen LogP contribution in [-0.2, 0) is 17.9 Å². The molecule has 0 saturated carbocycles. The van der Waals surface area contributed by atoms with Gasteiger partial charge in [0.25, 0.3) is 5.91 Å².